The van der Waals surface area contributed by atoms with Crippen molar-refractivity contribution in [1.29, 1.82) is 0 Å². The van der Waals surface area contributed by atoms with Gasteiger partial charge in [-0.2, -0.15) is 0 Å². The molecule has 0 fully saturated rings. The molecule has 0 aromatic heterocycles. The fourth-order valence-electron chi connectivity index (χ4n) is 1.39. The average molecular weight is 304 g/mol. The molecule has 122 valence electrons. The number of urea groups is 1. The van der Waals surface area contributed by atoms with Crippen LogP contribution in [0.1, 0.15) is 26.7 Å². The summed E-state index contributed by atoms with van der Waals surface area (Å²) < 4.78 is 9.69. The van der Waals surface area contributed by atoms with Crippen LogP contribution in [0.25, 0.3) is 0 Å². The predicted octanol–water partition coefficient (Wildman–Crippen LogP) is 0.365. The number of carbonyl (C=O) groups is 3. The molecule has 0 saturated heterocycles. The standard InChI is InChI=1S/C13H24N2O6/c1-9(2)8-21-7-6-14-13(19)15-10(12(17)18)4-5-11(16)20-3/h9-10H,4-8H2,1-3H3,(H,17,18)(H2,14,15,19)/t10-/m0/s1. The van der Waals surface area contributed by atoms with Gasteiger partial charge in [0.15, 0.2) is 0 Å². The molecule has 0 bridgehead atoms. The first-order chi connectivity index (χ1) is 9.86. The maximum Gasteiger partial charge on any atom is 0.326 e. The lowest BCUT2D eigenvalue weighted by atomic mass is 10.1. The molecule has 21 heavy (non-hydrogen) atoms. The summed E-state index contributed by atoms with van der Waals surface area (Å²) >= 11 is 0. The van der Waals surface area contributed by atoms with Gasteiger partial charge in [0.2, 0.25) is 0 Å². The molecule has 2 amide bonds. The Morgan fingerprint density at radius 1 is 1.24 bits per heavy atom. The van der Waals surface area contributed by atoms with Crippen molar-refractivity contribution in [3.8, 4) is 0 Å². The quantitative estimate of drug-likeness (QED) is 0.397. The normalized spacial score (nSPS) is 11.8. The van der Waals surface area contributed by atoms with E-state index in [0.717, 1.165) is 0 Å². The summed E-state index contributed by atoms with van der Waals surface area (Å²) in [7, 11) is 1.22. The number of hydrogen-bond donors (Lipinski definition) is 3. The van der Waals surface area contributed by atoms with Gasteiger partial charge >= 0.3 is 18.0 Å². The van der Waals surface area contributed by atoms with Gasteiger partial charge in [0.05, 0.1) is 13.7 Å². The molecule has 0 aliphatic carbocycles. The first kappa shape index (κ1) is 19.2. The summed E-state index contributed by atoms with van der Waals surface area (Å²) in [5.41, 5.74) is 0. The molecule has 8 heteroatoms. The maximum atomic E-state index is 11.5. The van der Waals surface area contributed by atoms with E-state index in [9.17, 15) is 14.4 Å². The number of ether oxygens (including phenoxy) is 2. The molecule has 0 aromatic carbocycles. The fourth-order valence-corrected chi connectivity index (χ4v) is 1.39. The van der Waals surface area contributed by atoms with E-state index in [0.29, 0.717) is 19.1 Å². The molecule has 0 aliphatic rings. The van der Waals surface area contributed by atoms with E-state index in [1.807, 2.05) is 13.8 Å². The molecule has 0 aliphatic heterocycles. The van der Waals surface area contributed by atoms with Crippen LogP contribution < -0.4 is 10.6 Å². The molecular formula is C13H24N2O6. The van der Waals surface area contributed by atoms with Crippen molar-refractivity contribution in [2.24, 2.45) is 5.92 Å². The van der Waals surface area contributed by atoms with Gasteiger partial charge in [-0.1, -0.05) is 13.8 Å². The molecule has 0 saturated carbocycles. The third kappa shape index (κ3) is 10.6. The lowest BCUT2D eigenvalue weighted by molar-refractivity contribution is -0.142. The summed E-state index contributed by atoms with van der Waals surface area (Å²) in [5, 5.41) is 13.7. The highest BCUT2D eigenvalue weighted by molar-refractivity contribution is 5.83. The van der Waals surface area contributed by atoms with Crippen molar-refractivity contribution in [2.45, 2.75) is 32.7 Å². The highest BCUT2D eigenvalue weighted by Crippen LogP contribution is 1.99. The second kappa shape index (κ2) is 10.9. The molecule has 1 atom stereocenters. The van der Waals surface area contributed by atoms with Crippen LogP contribution in [0.3, 0.4) is 0 Å². The van der Waals surface area contributed by atoms with E-state index < -0.39 is 24.0 Å². The summed E-state index contributed by atoms with van der Waals surface area (Å²) in [6, 6.07) is -1.75. The lowest BCUT2D eigenvalue weighted by Crippen LogP contribution is -2.46. The van der Waals surface area contributed by atoms with Crippen LogP contribution >= 0.6 is 0 Å². The van der Waals surface area contributed by atoms with Gasteiger partial charge in [-0.05, 0) is 12.3 Å². The van der Waals surface area contributed by atoms with E-state index in [1.165, 1.54) is 7.11 Å². The molecule has 0 spiro atoms. The highest BCUT2D eigenvalue weighted by atomic mass is 16.5. The zero-order valence-corrected chi connectivity index (χ0v) is 12.7. The zero-order chi connectivity index (χ0) is 16.3. The first-order valence-electron chi connectivity index (χ1n) is 6.78. The summed E-state index contributed by atoms with van der Waals surface area (Å²) in [6.45, 7) is 5.26. The molecule has 0 heterocycles. The first-order valence-corrected chi connectivity index (χ1v) is 6.78. The minimum absolute atomic E-state index is 0.0285. The van der Waals surface area contributed by atoms with Gasteiger partial charge in [0.1, 0.15) is 6.04 Å². The van der Waals surface area contributed by atoms with E-state index in [4.69, 9.17) is 9.84 Å². The largest absolute Gasteiger partial charge is 0.480 e. The van der Waals surface area contributed by atoms with Crippen molar-refractivity contribution >= 4 is 18.0 Å². The van der Waals surface area contributed by atoms with Gasteiger partial charge in [0.25, 0.3) is 0 Å². The Labute approximate surface area is 124 Å². The van der Waals surface area contributed by atoms with Crippen molar-refractivity contribution < 1.29 is 29.0 Å². The number of carbonyl (C=O) groups excluding carboxylic acids is 2. The van der Waals surface area contributed by atoms with Crippen molar-refractivity contribution in [3.63, 3.8) is 0 Å². The van der Waals surface area contributed by atoms with Crippen molar-refractivity contribution in [1.82, 2.24) is 10.6 Å². The number of rotatable bonds is 10. The second-order valence-corrected chi connectivity index (χ2v) is 4.87. The van der Waals surface area contributed by atoms with E-state index in [2.05, 4.69) is 15.4 Å². The molecule has 3 N–H and O–H groups in total. The molecular weight excluding hydrogens is 280 g/mol. The van der Waals surface area contributed by atoms with Crippen LogP contribution in [0.15, 0.2) is 0 Å². The minimum Gasteiger partial charge on any atom is -0.480 e. The minimum atomic E-state index is -1.20. The van der Waals surface area contributed by atoms with E-state index in [1.54, 1.807) is 0 Å². The van der Waals surface area contributed by atoms with Crippen LogP contribution in [0.2, 0.25) is 0 Å². The smallest absolute Gasteiger partial charge is 0.326 e. The molecule has 0 aromatic rings. The van der Waals surface area contributed by atoms with Crippen LogP contribution in [0, 0.1) is 5.92 Å². The van der Waals surface area contributed by atoms with Gasteiger partial charge in [-0.3, -0.25) is 4.79 Å². The molecule has 0 rings (SSSR count). The number of methoxy groups -OCH3 is 1. The second-order valence-electron chi connectivity index (χ2n) is 4.87. The average Bonchev–Trinajstić information content (AvgIpc) is 2.41. The number of hydrogen-bond acceptors (Lipinski definition) is 5. The van der Waals surface area contributed by atoms with Crippen LogP contribution in [-0.4, -0.2) is 56.0 Å². The van der Waals surface area contributed by atoms with Gasteiger partial charge in [0, 0.05) is 19.6 Å². The Hall–Kier alpha value is -1.83. The van der Waals surface area contributed by atoms with Crippen molar-refractivity contribution in [3.05, 3.63) is 0 Å². The third-order valence-corrected chi connectivity index (χ3v) is 2.45. The van der Waals surface area contributed by atoms with Crippen molar-refractivity contribution in [2.75, 3.05) is 26.9 Å². The zero-order valence-electron chi connectivity index (χ0n) is 12.7. The summed E-state index contributed by atoms with van der Waals surface area (Å²) in [4.78, 5) is 33.4. The fraction of sp³-hybridized carbons (Fsp3) is 0.769. The highest BCUT2D eigenvalue weighted by Gasteiger charge is 2.20. The molecule has 0 radical (unpaired) electrons. The summed E-state index contributed by atoms with van der Waals surface area (Å²) in [6.07, 6.45) is -0.107. The van der Waals surface area contributed by atoms with Crippen LogP contribution in [0.5, 0.6) is 0 Å². The van der Waals surface area contributed by atoms with E-state index >= 15 is 0 Å². The predicted molar refractivity (Wildman–Crippen MR) is 74.9 cm³/mol. The van der Waals surface area contributed by atoms with E-state index in [-0.39, 0.29) is 19.4 Å². The number of amides is 2. The number of carboxylic acids is 1. The van der Waals surface area contributed by atoms with Crippen LogP contribution in [-0.2, 0) is 19.1 Å². The summed E-state index contributed by atoms with van der Waals surface area (Å²) in [5.74, 6) is -1.32. The van der Waals surface area contributed by atoms with Crippen LogP contribution in [0.4, 0.5) is 4.79 Å². The third-order valence-electron chi connectivity index (χ3n) is 2.45. The Bertz CT molecular complexity index is 346. The number of aliphatic carboxylic acids is 1. The Kier molecular flexibility index (Phi) is 9.95. The van der Waals surface area contributed by atoms with Gasteiger partial charge < -0.3 is 25.2 Å². The Morgan fingerprint density at radius 2 is 1.90 bits per heavy atom. The monoisotopic (exact) mass is 304 g/mol. The molecule has 8 nitrogen and oxygen atoms in total. The molecule has 0 unspecified atom stereocenters. The number of esters is 1. The number of carboxylic acid groups (broad SMARTS) is 1. The topological polar surface area (TPSA) is 114 Å². The lowest BCUT2D eigenvalue weighted by Gasteiger charge is -2.14. The maximum absolute atomic E-state index is 11.5. The van der Waals surface area contributed by atoms with Gasteiger partial charge in [-0.15, -0.1) is 0 Å². The SMILES string of the molecule is COC(=O)CC[C@H](NC(=O)NCCOCC(C)C)C(=O)O. The Balaban J connectivity index is 3.95. The number of nitrogens with one attached hydrogen (secondary N) is 2. The Morgan fingerprint density at radius 3 is 2.43 bits per heavy atom. The van der Waals surface area contributed by atoms with Gasteiger partial charge in [-0.25, -0.2) is 9.59 Å².